The normalized spacial score (nSPS) is 25.2. The van der Waals surface area contributed by atoms with Crippen molar-refractivity contribution < 1.29 is 19.1 Å². The first-order valence-corrected chi connectivity index (χ1v) is 7.35. The van der Waals surface area contributed by atoms with E-state index < -0.39 is 0 Å². The number of imide groups is 1. The molecule has 3 aliphatic heterocycles. The molecule has 3 heterocycles. The van der Waals surface area contributed by atoms with Gasteiger partial charge in [-0.1, -0.05) is 0 Å². The van der Waals surface area contributed by atoms with Gasteiger partial charge in [0.1, 0.15) is 0 Å². The van der Waals surface area contributed by atoms with Crippen molar-refractivity contribution in [2.75, 3.05) is 32.8 Å². The summed E-state index contributed by atoms with van der Waals surface area (Å²) in [5, 5.41) is 0. The molecule has 6 nitrogen and oxygen atoms in total. The Morgan fingerprint density at radius 3 is 2.30 bits per heavy atom. The molecule has 0 bridgehead atoms. The molecule has 0 radical (unpaired) electrons. The van der Waals surface area contributed by atoms with E-state index in [2.05, 4.69) is 0 Å². The van der Waals surface area contributed by atoms with Gasteiger partial charge in [0, 0.05) is 57.5 Å². The van der Waals surface area contributed by atoms with Gasteiger partial charge in [-0.05, 0) is 12.8 Å². The summed E-state index contributed by atoms with van der Waals surface area (Å²) in [5.74, 6) is 0.432. The van der Waals surface area contributed by atoms with Gasteiger partial charge in [-0.2, -0.15) is 0 Å². The van der Waals surface area contributed by atoms with Crippen molar-refractivity contribution in [3.05, 3.63) is 0 Å². The molecule has 3 aliphatic rings. The van der Waals surface area contributed by atoms with Crippen LogP contribution in [0.1, 0.15) is 25.7 Å². The van der Waals surface area contributed by atoms with Crippen molar-refractivity contribution in [3.8, 4) is 0 Å². The first-order chi connectivity index (χ1) is 9.65. The molecule has 0 aromatic rings. The summed E-state index contributed by atoms with van der Waals surface area (Å²) in [6.07, 6.45) is 2.30. The molecule has 0 spiro atoms. The van der Waals surface area contributed by atoms with Crippen molar-refractivity contribution in [1.82, 2.24) is 9.80 Å². The Morgan fingerprint density at radius 1 is 1.10 bits per heavy atom. The molecule has 3 rings (SSSR count). The Bertz CT molecular complexity index is 409. The molecule has 0 aliphatic carbocycles. The number of amides is 3. The fraction of sp³-hybridized carbons (Fsp3) is 0.786. The molecule has 3 fully saturated rings. The van der Waals surface area contributed by atoms with Crippen molar-refractivity contribution in [3.63, 3.8) is 0 Å². The van der Waals surface area contributed by atoms with Crippen LogP contribution >= 0.6 is 0 Å². The van der Waals surface area contributed by atoms with Gasteiger partial charge < -0.3 is 9.64 Å². The van der Waals surface area contributed by atoms with E-state index in [1.54, 1.807) is 0 Å². The van der Waals surface area contributed by atoms with Crippen LogP contribution in [0.4, 0.5) is 0 Å². The number of likely N-dealkylation sites (tertiary alicyclic amines) is 2. The fourth-order valence-corrected chi connectivity index (χ4v) is 3.15. The lowest BCUT2D eigenvalue weighted by atomic mass is 9.93. The summed E-state index contributed by atoms with van der Waals surface area (Å²) < 4.78 is 5.26. The second-order valence-electron chi connectivity index (χ2n) is 5.89. The topological polar surface area (TPSA) is 66.9 Å². The van der Waals surface area contributed by atoms with Gasteiger partial charge in [-0.3, -0.25) is 19.3 Å². The first-order valence-electron chi connectivity index (χ1n) is 7.35. The van der Waals surface area contributed by atoms with Gasteiger partial charge in [0.2, 0.25) is 17.7 Å². The molecule has 20 heavy (non-hydrogen) atoms. The highest BCUT2D eigenvalue weighted by Gasteiger charge is 2.38. The zero-order valence-corrected chi connectivity index (χ0v) is 11.5. The third kappa shape index (κ3) is 2.57. The molecular formula is C14H20N2O4. The number of carbonyl (C=O) groups is 3. The second kappa shape index (κ2) is 5.52. The van der Waals surface area contributed by atoms with Gasteiger partial charge >= 0.3 is 0 Å². The molecule has 0 saturated carbocycles. The maximum Gasteiger partial charge on any atom is 0.229 e. The highest BCUT2D eigenvalue weighted by molar-refractivity contribution is 6.01. The number of hydrogen-bond acceptors (Lipinski definition) is 4. The highest BCUT2D eigenvalue weighted by atomic mass is 16.5. The van der Waals surface area contributed by atoms with Crippen LogP contribution in [-0.4, -0.2) is 60.4 Å². The van der Waals surface area contributed by atoms with Crippen LogP contribution in [0.15, 0.2) is 0 Å². The van der Waals surface area contributed by atoms with E-state index in [1.165, 1.54) is 4.90 Å². The molecule has 0 N–H and O–H groups in total. The number of carbonyl (C=O) groups excluding carboxylic acids is 3. The van der Waals surface area contributed by atoms with E-state index >= 15 is 0 Å². The largest absolute Gasteiger partial charge is 0.381 e. The summed E-state index contributed by atoms with van der Waals surface area (Å²) >= 11 is 0. The number of nitrogens with zero attached hydrogens (tertiary/aromatic N) is 2. The third-order valence-corrected chi connectivity index (χ3v) is 4.43. The van der Waals surface area contributed by atoms with Crippen molar-refractivity contribution >= 4 is 17.7 Å². The summed E-state index contributed by atoms with van der Waals surface area (Å²) in [7, 11) is 0. The van der Waals surface area contributed by atoms with Gasteiger partial charge in [0.05, 0.1) is 0 Å². The molecule has 6 heteroatoms. The Balaban J connectivity index is 1.45. The highest BCUT2D eigenvalue weighted by Crippen LogP contribution is 2.25. The van der Waals surface area contributed by atoms with Crippen molar-refractivity contribution in [1.29, 1.82) is 0 Å². The Hall–Kier alpha value is -1.43. The van der Waals surface area contributed by atoms with E-state index in [0.717, 1.165) is 12.8 Å². The van der Waals surface area contributed by atoms with Gasteiger partial charge in [0.25, 0.3) is 0 Å². The summed E-state index contributed by atoms with van der Waals surface area (Å²) in [6, 6.07) is 0. The molecule has 0 aromatic carbocycles. The summed E-state index contributed by atoms with van der Waals surface area (Å²) in [4.78, 5) is 38.5. The van der Waals surface area contributed by atoms with E-state index in [-0.39, 0.29) is 29.6 Å². The van der Waals surface area contributed by atoms with Crippen LogP contribution in [0.3, 0.4) is 0 Å². The maximum absolute atomic E-state index is 12.2. The van der Waals surface area contributed by atoms with Crippen LogP contribution < -0.4 is 0 Å². The lowest BCUT2D eigenvalue weighted by molar-refractivity contribution is -0.147. The lowest BCUT2D eigenvalue weighted by Crippen LogP contribution is -2.56. The van der Waals surface area contributed by atoms with Crippen LogP contribution in [0.2, 0.25) is 0 Å². The first kappa shape index (κ1) is 13.5. The Morgan fingerprint density at radius 2 is 1.70 bits per heavy atom. The fourth-order valence-electron chi connectivity index (χ4n) is 3.15. The van der Waals surface area contributed by atoms with Gasteiger partial charge in [-0.15, -0.1) is 0 Å². The predicted molar refractivity (Wildman–Crippen MR) is 69.6 cm³/mol. The zero-order chi connectivity index (χ0) is 14.1. The minimum absolute atomic E-state index is 0.0656. The lowest BCUT2D eigenvalue weighted by Gasteiger charge is -2.42. The SMILES string of the molecule is O=C(C1CCOCC1)N1CC(CN2C(=O)CCC2=O)C1. The molecule has 0 unspecified atom stereocenters. The molecule has 3 saturated heterocycles. The smallest absolute Gasteiger partial charge is 0.229 e. The molecule has 0 atom stereocenters. The van der Waals surface area contributed by atoms with Gasteiger partial charge in [0.15, 0.2) is 0 Å². The quantitative estimate of drug-likeness (QED) is 0.684. The summed E-state index contributed by atoms with van der Waals surface area (Å²) in [5.41, 5.74) is 0. The van der Waals surface area contributed by atoms with Gasteiger partial charge in [-0.25, -0.2) is 0 Å². The van der Waals surface area contributed by atoms with E-state index in [9.17, 15) is 14.4 Å². The predicted octanol–water partition coefficient (Wildman–Crippen LogP) is 0.0204. The average Bonchev–Trinajstić information content (AvgIpc) is 2.73. The second-order valence-corrected chi connectivity index (χ2v) is 5.89. The molecule has 3 amide bonds. The maximum atomic E-state index is 12.2. The van der Waals surface area contributed by atoms with E-state index in [1.807, 2.05) is 4.90 Å². The van der Waals surface area contributed by atoms with Crippen molar-refractivity contribution in [2.45, 2.75) is 25.7 Å². The standard InChI is InChI=1S/C14H20N2O4/c17-12-1-2-13(18)16(12)9-10-7-15(8-10)14(19)11-3-5-20-6-4-11/h10-11H,1-9H2. The number of hydrogen-bond donors (Lipinski definition) is 0. The number of ether oxygens (including phenoxy) is 1. The molecular weight excluding hydrogens is 260 g/mol. The minimum Gasteiger partial charge on any atom is -0.381 e. The van der Waals surface area contributed by atoms with E-state index in [0.29, 0.717) is 45.7 Å². The van der Waals surface area contributed by atoms with Crippen LogP contribution in [-0.2, 0) is 19.1 Å². The summed E-state index contributed by atoms with van der Waals surface area (Å²) in [6.45, 7) is 3.17. The van der Waals surface area contributed by atoms with Crippen LogP contribution in [0.5, 0.6) is 0 Å². The minimum atomic E-state index is -0.0656. The Kier molecular flexibility index (Phi) is 3.74. The van der Waals surface area contributed by atoms with Crippen LogP contribution in [0, 0.1) is 11.8 Å². The third-order valence-electron chi connectivity index (χ3n) is 4.43. The Labute approximate surface area is 118 Å². The van der Waals surface area contributed by atoms with Crippen LogP contribution in [0.25, 0.3) is 0 Å². The molecule has 110 valence electrons. The average molecular weight is 280 g/mol. The monoisotopic (exact) mass is 280 g/mol. The number of rotatable bonds is 3. The molecule has 0 aromatic heterocycles. The van der Waals surface area contributed by atoms with Crippen molar-refractivity contribution in [2.24, 2.45) is 11.8 Å². The zero-order valence-electron chi connectivity index (χ0n) is 11.5. The van der Waals surface area contributed by atoms with E-state index in [4.69, 9.17) is 4.74 Å².